The summed E-state index contributed by atoms with van der Waals surface area (Å²) in [5.74, 6) is -0.179. The topological polar surface area (TPSA) is 58.6 Å². The molecule has 0 aliphatic carbocycles. The molecule has 1 aromatic carbocycles. The van der Waals surface area contributed by atoms with Crippen LogP contribution in [0.1, 0.15) is 24.9 Å². The molecule has 0 spiro atoms. The van der Waals surface area contributed by atoms with Crippen LogP contribution < -0.4 is 5.32 Å². The number of rotatable bonds is 5. The average Bonchev–Trinajstić information content (AvgIpc) is 2.47. The van der Waals surface area contributed by atoms with Crippen molar-refractivity contribution in [1.29, 1.82) is 0 Å². The lowest BCUT2D eigenvalue weighted by atomic mass is 10.0. The predicted molar refractivity (Wildman–Crippen MR) is 75.0 cm³/mol. The Kier molecular flexibility index (Phi) is 4.74. The summed E-state index contributed by atoms with van der Waals surface area (Å²) in [5.41, 5.74) is 0.814. The highest BCUT2D eigenvalue weighted by atomic mass is 16.5. The van der Waals surface area contributed by atoms with E-state index in [2.05, 4.69) is 5.32 Å². The molecule has 2 amide bonds. The molecular weight excluding hydrogens is 256 g/mol. The zero-order valence-corrected chi connectivity index (χ0v) is 11.8. The van der Waals surface area contributed by atoms with Gasteiger partial charge in [0.05, 0.1) is 6.54 Å². The molecule has 5 heteroatoms. The van der Waals surface area contributed by atoms with Crippen LogP contribution in [0.4, 0.5) is 0 Å². The molecule has 20 heavy (non-hydrogen) atoms. The van der Waals surface area contributed by atoms with Crippen molar-refractivity contribution in [2.24, 2.45) is 0 Å². The summed E-state index contributed by atoms with van der Waals surface area (Å²) in [6.45, 7) is 2.63. The highest BCUT2D eigenvalue weighted by Gasteiger charge is 2.35. The van der Waals surface area contributed by atoms with Crippen molar-refractivity contribution in [3.8, 4) is 0 Å². The van der Waals surface area contributed by atoms with Gasteiger partial charge in [0.15, 0.2) is 0 Å². The molecule has 5 nitrogen and oxygen atoms in total. The molecule has 1 saturated heterocycles. The fourth-order valence-corrected chi connectivity index (χ4v) is 2.36. The van der Waals surface area contributed by atoms with Crippen molar-refractivity contribution in [2.75, 3.05) is 20.3 Å². The number of hydrogen-bond donors (Lipinski definition) is 1. The van der Waals surface area contributed by atoms with E-state index in [1.807, 2.05) is 37.3 Å². The Bertz CT molecular complexity index is 475. The van der Waals surface area contributed by atoms with Gasteiger partial charge in [-0.2, -0.15) is 0 Å². The van der Waals surface area contributed by atoms with Crippen LogP contribution >= 0.6 is 0 Å². The van der Waals surface area contributed by atoms with Gasteiger partial charge in [0.25, 0.3) is 5.91 Å². The number of ether oxygens (including phenoxy) is 1. The first-order chi connectivity index (χ1) is 9.63. The molecule has 1 aromatic rings. The van der Waals surface area contributed by atoms with Crippen LogP contribution in [0.15, 0.2) is 30.3 Å². The van der Waals surface area contributed by atoms with Gasteiger partial charge >= 0.3 is 0 Å². The molecule has 1 N–H and O–H groups in total. The van der Waals surface area contributed by atoms with E-state index in [9.17, 15) is 9.59 Å². The summed E-state index contributed by atoms with van der Waals surface area (Å²) >= 11 is 0. The third kappa shape index (κ3) is 3.17. The molecule has 108 valence electrons. The van der Waals surface area contributed by atoms with Gasteiger partial charge < -0.3 is 15.0 Å². The highest BCUT2D eigenvalue weighted by Crippen LogP contribution is 2.21. The second-order valence-corrected chi connectivity index (χ2v) is 5.01. The van der Waals surface area contributed by atoms with Crippen molar-refractivity contribution < 1.29 is 14.3 Å². The normalized spacial score (nSPS) is 20.7. The standard InChI is InChI=1S/C15H20N2O3/c1-11(8-9-20-2)17-10-13(18)16-14(15(17)19)12-6-4-3-5-7-12/h3-7,11,14H,8-10H2,1-2H3,(H,16,18). The summed E-state index contributed by atoms with van der Waals surface area (Å²) in [6, 6.07) is 8.72. The van der Waals surface area contributed by atoms with E-state index in [1.165, 1.54) is 0 Å². The molecule has 1 heterocycles. The fourth-order valence-electron chi connectivity index (χ4n) is 2.36. The van der Waals surface area contributed by atoms with Crippen LogP contribution in [-0.2, 0) is 14.3 Å². The Morgan fingerprint density at radius 1 is 1.35 bits per heavy atom. The number of methoxy groups -OCH3 is 1. The Morgan fingerprint density at radius 2 is 2.05 bits per heavy atom. The summed E-state index contributed by atoms with van der Waals surface area (Å²) < 4.78 is 5.04. The number of piperazine rings is 1. The number of nitrogens with zero attached hydrogens (tertiary/aromatic N) is 1. The monoisotopic (exact) mass is 276 g/mol. The molecular formula is C15H20N2O3. The van der Waals surface area contributed by atoms with Gasteiger partial charge in [-0.25, -0.2) is 0 Å². The van der Waals surface area contributed by atoms with E-state index in [0.29, 0.717) is 6.61 Å². The number of amides is 2. The third-order valence-corrected chi connectivity index (χ3v) is 3.55. The summed E-state index contributed by atoms with van der Waals surface area (Å²) in [5, 5.41) is 2.76. The minimum atomic E-state index is -0.581. The first-order valence-electron chi connectivity index (χ1n) is 6.77. The molecule has 2 atom stereocenters. The maximum atomic E-state index is 12.5. The van der Waals surface area contributed by atoms with Gasteiger partial charge in [-0.1, -0.05) is 30.3 Å². The van der Waals surface area contributed by atoms with Gasteiger partial charge in [0, 0.05) is 19.8 Å². The van der Waals surface area contributed by atoms with Crippen LogP contribution in [-0.4, -0.2) is 43.0 Å². The molecule has 2 rings (SSSR count). The Morgan fingerprint density at radius 3 is 2.70 bits per heavy atom. The minimum Gasteiger partial charge on any atom is -0.385 e. The van der Waals surface area contributed by atoms with Gasteiger partial charge in [0.2, 0.25) is 5.91 Å². The molecule has 0 aromatic heterocycles. The summed E-state index contributed by atoms with van der Waals surface area (Å²) in [4.78, 5) is 26.0. The lowest BCUT2D eigenvalue weighted by molar-refractivity contribution is -0.146. The first-order valence-corrected chi connectivity index (χ1v) is 6.77. The lowest BCUT2D eigenvalue weighted by Gasteiger charge is -2.36. The van der Waals surface area contributed by atoms with E-state index in [4.69, 9.17) is 4.74 Å². The molecule has 0 radical (unpaired) electrons. The minimum absolute atomic E-state index is 0.0142. The van der Waals surface area contributed by atoms with Gasteiger partial charge in [-0.05, 0) is 18.9 Å². The van der Waals surface area contributed by atoms with Crippen molar-refractivity contribution in [1.82, 2.24) is 10.2 Å². The van der Waals surface area contributed by atoms with Gasteiger partial charge in [-0.3, -0.25) is 9.59 Å². The maximum Gasteiger partial charge on any atom is 0.250 e. The Hall–Kier alpha value is -1.88. The number of carbonyl (C=O) groups excluding carboxylic acids is 2. The first kappa shape index (κ1) is 14.5. The van der Waals surface area contributed by atoms with Crippen molar-refractivity contribution in [3.63, 3.8) is 0 Å². The summed E-state index contributed by atoms with van der Waals surface area (Å²) in [6.07, 6.45) is 0.719. The quantitative estimate of drug-likeness (QED) is 0.876. The van der Waals surface area contributed by atoms with Crippen LogP contribution in [0.5, 0.6) is 0 Å². The predicted octanol–water partition coefficient (Wildman–Crippen LogP) is 1.11. The van der Waals surface area contributed by atoms with Crippen LogP contribution in [0.2, 0.25) is 0 Å². The SMILES string of the molecule is COCCC(C)N1CC(=O)NC(c2ccccc2)C1=O. The van der Waals surface area contributed by atoms with Crippen LogP contribution in [0.25, 0.3) is 0 Å². The Labute approximate surface area is 118 Å². The summed E-state index contributed by atoms with van der Waals surface area (Å²) in [7, 11) is 1.63. The van der Waals surface area contributed by atoms with Crippen LogP contribution in [0.3, 0.4) is 0 Å². The lowest BCUT2D eigenvalue weighted by Crippen LogP contribution is -2.56. The average molecular weight is 276 g/mol. The Balaban J connectivity index is 2.15. The number of benzene rings is 1. The van der Waals surface area contributed by atoms with E-state index in [-0.39, 0.29) is 24.4 Å². The number of nitrogens with one attached hydrogen (secondary N) is 1. The highest BCUT2D eigenvalue weighted by molar-refractivity contribution is 5.95. The van der Waals surface area contributed by atoms with Crippen LogP contribution in [0, 0.1) is 0 Å². The zero-order chi connectivity index (χ0) is 14.5. The molecule has 2 unspecified atom stereocenters. The maximum absolute atomic E-state index is 12.5. The van der Waals surface area contributed by atoms with Gasteiger partial charge in [-0.15, -0.1) is 0 Å². The smallest absolute Gasteiger partial charge is 0.250 e. The third-order valence-electron chi connectivity index (χ3n) is 3.55. The molecule has 1 fully saturated rings. The molecule has 1 aliphatic rings. The zero-order valence-electron chi connectivity index (χ0n) is 11.8. The second-order valence-electron chi connectivity index (χ2n) is 5.01. The van der Waals surface area contributed by atoms with E-state index in [0.717, 1.165) is 12.0 Å². The number of carbonyl (C=O) groups is 2. The fraction of sp³-hybridized carbons (Fsp3) is 0.467. The molecule has 0 saturated carbocycles. The second kappa shape index (κ2) is 6.52. The van der Waals surface area contributed by atoms with E-state index < -0.39 is 6.04 Å². The molecule has 1 aliphatic heterocycles. The van der Waals surface area contributed by atoms with Crippen molar-refractivity contribution in [3.05, 3.63) is 35.9 Å². The molecule has 0 bridgehead atoms. The van der Waals surface area contributed by atoms with Crippen molar-refractivity contribution in [2.45, 2.75) is 25.4 Å². The largest absolute Gasteiger partial charge is 0.385 e. The van der Waals surface area contributed by atoms with E-state index >= 15 is 0 Å². The van der Waals surface area contributed by atoms with E-state index in [1.54, 1.807) is 12.0 Å². The van der Waals surface area contributed by atoms with Gasteiger partial charge in [0.1, 0.15) is 6.04 Å². The van der Waals surface area contributed by atoms with Crippen molar-refractivity contribution >= 4 is 11.8 Å². The number of hydrogen-bond acceptors (Lipinski definition) is 3.